The third-order valence-corrected chi connectivity index (χ3v) is 5.79. The van der Waals surface area contributed by atoms with Crippen LogP contribution in [0.15, 0.2) is 0 Å². The number of ether oxygens (including phenoxy) is 2. The second kappa shape index (κ2) is 11.6. The molecule has 0 spiro atoms. The molecule has 2 aliphatic heterocycles. The van der Waals surface area contributed by atoms with Crippen molar-refractivity contribution in [3.8, 4) is 0 Å². The largest absolute Gasteiger partial charge is 0.378 e. The van der Waals surface area contributed by atoms with Crippen molar-refractivity contribution < 1.29 is 19.1 Å². The van der Waals surface area contributed by atoms with Gasteiger partial charge in [0.15, 0.2) is 0 Å². The van der Waals surface area contributed by atoms with Gasteiger partial charge in [-0.25, -0.2) is 4.79 Å². The Balaban J connectivity index is 1.41. The van der Waals surface area contributed by atoms with Gasteiger partial charge in [-0.1, -0.05) is 6.42 Å². The van der Waals surface area contributed by atoms with Crippen LogP contribution in [0.1, 0.15) is 25.7 Å². The quantitative estimate of drug-likeness (QED) is 0.263. The van der Waals surface area contributed by atoms with Crippen LogP contribution in [0.3, 0.4) is 0 Å². The van der Waals surface area contributed by atoms with E-state index in [0.717, 1.165) is 25.0 Å². The zero-order valence-electron chi connectivity index (χ0n) is 14.6. The summed E-state index contributed by atoms with van der Waals surface area (Å²) in [6.45, 7) is 3.12. The lowest BCUT2D eigenvalue weighted by atomic mass is 10.0. The molecule has 3 atom stereocenters. The van der Waals surface area contributed by atoms with Crippen molar-refractivity contribution in [3.63, 3.8) is 0 Å². The first-order chi connectivity index (χ1) is 12.2. The molecule has 2 aliphatic rings. The molecule has 0 bridgehead atoms. The van der Waals surface area contributed by atoms with Crippen LogP contribution in [-0.4, -0.2) is 74.5 Å². The molecule has 0 aromatic heterocycles. The highest BCUT2D eigenvalue weighted by Gasteiger charge is 2.42. The monoisotopic (exact) mass is 374 g/mol. The minimum absolute atomic E-state index is 0.0483. The molecule has 5 N–H and O–H groups in total. The third kappa shape index (κ3) is 7.39. The normalized spacial score (nSPS) is 24.7. The number of carbonyl (C=O) groups is 2. The number of fused-ring (bicyclic) bond motifs is 1. The van der Waals surface area contributed by atoms with Crippen molar-refractivity contribution in [2.45, 2.75) is 43.0 Å². The number of urea groups is 1. The Labute approximate surface area is 153 Å². The molecular formula is C16H30N4O4S. The highest BCUT2D eigenvalue weighted by Crippen LogP contribution is 2.33. The van der Waals surface area contributed by atoms with Crippen molar-refractivity contribution in [2.75, 3.05) is 45.3 Å². The Bertz CT molecular complexity index is 427. The van der Waals surface area contributed by atoms with E-state index in [0.29, 0.717) is 51.2 Å². The fourth-order valence-corrected chi connectivity index (χ4v) is 4.57. The molecule has 2 heterocycles. The lowest BCUT2D eigenvalue weighted by Crippen LogP contribution is -2.36. The predicted octanol–water partition coefficient (Wildman–Crippen LogP) is -0.180. The average molecular weight is 375 g/mol. The van der Waals surface area contributed by atoms with Gasteiger partial charge in [-0.15, -0.1) is 0 Å². The van der Waals surface area contributed by atoms with Crippen LogP contribution in [0, 0.1) is 0 Å². The molecule has 3 amide bonds. The fraction of sp³-hybridized carbons (Fsp3) is 0.875. The molecule has 2 fully saturated rings. The van der Waals surface area contributed by atoms with E-state index in [4.69, 9.17) is 15.2 Å². The van der Waals surface area contributed by atoms with Gasteiger partial charge in [-0.2, -0.15) is 11.8 Å². The average Bonchev–Trinajstić information content (AvgIpc) is 3.13. The topological polar surface area (TPSA) is 115 Å². The maximum absolute atomic E-state index is 11.8. The van der Waals surface area contributed by atoms with E-state index in [1.165, 1.54) is 0 Å². The van der Waals surface area contributed by atoms with Gasteiger partial charge in [-0.3, -0.25) is 4.79 Å². The lowest BCUT2D eigenvalue weighted by Gasteiger charge is -2.16. The molecule has 2 rings (SSSR count). The second-order valence-corrected chi connectivity index (χ2v) is 7.50. The number of hydrogen-bond donors (Lipinski definition) is 4. The molecule has 2 unspecified atom stereocenters. The van der Waals surface area contributed by atoms with Gasteiger partial charge in [0, 0.05) is 30.5 Å². The van der Waals surface area contributed by atoms with Crippen LogP contribution in [-0.2, 0) is 14.3 Å². The molecule has 144 valence electrons. The Morgan fingerprint density at radius 1 is 1.20 bits per heavy atom. The Morgan fingerprint density at radius 2 is 2.00 bits per heavy atom. The molecule has 0 aromatic carbocycles. The van der Waals surface area contributed by atoms with Crippen LogP contribution in [0.2, 0.25) is 0 Å². The highest BCUT2D eigenvalue weighted by atomic mass is 32.2. The molecular weight excluding hydrogens is 344 g/mol. The summed E-state index contributed by atoms with van der Waals surface area (Å²) >= 11 is 1.91. The Morgan fingerprint density at radius 3 is 2.80 bits per heavy atom. The van der Waals surface area contributed by atoms with E-state index in [-0.39, 0.29) is 24.0 Å². The standard InChI is InChI=1S/C16H30N4O4S/c17-5-7-23-9-10-24-8-6-18-14(21)4-2-1-3-13-15-12(11-25-13)19-16(22)20-15/h12-13,15H,1-11,17H2,(H,18,21)(H2,19,20,22)/t12?,13-,15?/m0/s1. The smallest absolute Gasteiger partial charge is 0.315 e. The van der Waals surface area contributed by atoms with E-state index in [9.17, 15) is 9.59 Å². The molecule has 0 saturated carbocycles. The molecule has 0 radical (unpaired) electrons. The van der Waals surface area contributed by atoms with Crippen LogP contribution in [0.4, 0.5) is 4.79 Å². The molecule has 2 saturated heterocycles. The molecule has 9 heteroatoms. The van der Waals surface area contributed by atoms with Crippen molar-refractivity contribution in [1.82, 2.24) is 16.0 Å². The molecule has 25 heavy (non-hydrogen) atoms. The van der Waals surface area contributed by atoms with E-state index < -0.39 is 0 Å². The SMILES string of the molecule is NCCOCCOCCNC(=O)CCCC[C@@H]1SCC2NC(=O)NC21. The predicted molar refractivity (Wildman–Crippen MR) is 97.7 cm³/mol. The zero-order chi connectivity index (χ0) is 17.9. The zero-order valence-corrected chi connectivity index (χ0v) is 15.4. The number of rotatable bonds is 13. The second-order valence-electron chi connectivity index (χ2n) is 6.23. The number of hydrogen-bond acceptors (Lipinski definition) is 6. The van der Waals surface area contributed by atoms with Gasteiger partial charge in [0.25, 0.3) is 0 Å². The van der Waals surface area contributed by atoms with Gasteiger partial charge in [-0.05, 0) is 12.8 Å². The lowest BCUT2D eigenvalue weighted by molar-refractivity contribution is -0.121. The van der Waals surface area contributed by atoms with Gasteiger partial charge >= 0.3 is 6.03 Å². The number of thioether (sulfide) groups is 1. The summed E-state index contributed by atoms with van der Waals surface area (Å²) in [5, 5.41) is 9.25. The summed E-state index contributed by atoms with van der Waals surface area (Å²) < 4.78 is 10.5. The van der Waals surface area contributed by atoms with E-state index in [1.54, 1.807) is 0 Å². The first kappa shape index (κ1) is 20.3. The first-order valence-corrected chi connectivity index (χ1v) is 10.1. The first-order valence-electron chi connectivity index (χ1n) is 9.01. The minimum atomic E-state index is -0.0483. The van der Waals surface area contributed by atoms with E-state index in [2.05, 4.69) is 16.0 Å². The number of nitrogens with two attached hydrogens (primary N) is 1. The fourth-order valence-electron chi connectivity index (χ4n) is 3.03. The summed E-state index contributed by atoms with van der Waals surface area (Å²) in [6.07, 6.45) is 3.44. The van der Waals surface area contributed by atoms with Crippen molar-refractivity contribution in [1.29, 1.82) is 0 Å². The summed E-state index contributed by atoms with van der Waals surface area (Å²) in [5.41, 5.74) is 5.30. The van der Waals surface area contributed by atoms with Crippen LogP contribution < -0.4 is 21.7 Å². The number of amides is 3. The Hall–Kier alpha value is -1.03. The van der Waals surface area contributed by atoms with Crippen LogP contribution in [0.5, 0.6) is 0 Å². The number of nitrogens with one attached hydrogen (secondary N) is 3. The Kier molecular flexibility index (Phi) is 9.38. The summed E-state index contributed by atoms with van der Waals surface area (Å²) in [4.78, 5) is 23.1. The van der Waals surface area contributed by atoms with Crippen LogP contribution >= 0.6 is 11.8 Å². The highest BCUT2D eigenvalue weighted by molar-refractivity contribution is 8.00. The van der Waals surface area contributed by atoms with Crippen molar-refractivity contribution in [3.05, 3.63) is 0 Å². The van der Waals surface area contributed by atoms with Gasteiger partial charge < -0.3 is 31.2 Å². The van der Waals surface area contributed by atoms with Crippen molar-refractivity contribution in [2.24, 2.45) is 5.73 Å². The number of unbranched alkanes of at least 4 members (excludes halogenated alkanes) is 1. The molecule has 0 aromatic rings. The van der Waals surface area contributed by atoms with Gasteiger partial charge in [0.2, 0.25) is 5.91 Å². The third-order valence-electron chi connectivity index (χ3n) is 4.28. The number of carbonyl (C=O) groups excluding carboxylic acids is 2. The van der Waals surface area contributed by atoms with Gasteiger partial charge in [0.1, 0.15) is 0 Å². The van der Waals surface area contributed by atoms with Crippen molar-refractivity contribution >= 4 is 23.7 Å². The minimum Gasteiger partial charge on any atom is -0.378 e. The van der Waals surface area contributed by atoms with E-state index >= 15 is 0 Å². The summed E-state index contributed by atoms with van der Waals surface area (Å²) in [5.74, 6) is 1.04. The maximum atomic E-state index is 11.8. The molecule has 0 aliphatic carbocycles. The molecule has 8 nitrogen and oxygen atoms in total. The van der Waals surface area contributed by atoms with Gasteiger partial charge in [0.05, 0.1) is 38.5 Å². The summed E-state index contributed by atoms with van der Waals surface area (Å²) in [6, 6.07) is 0.469. The van der Waals surface area contributed by atoms with E-state index in [1.807, 2.05) is 11.8 Å². The van der Waals surface area contributed by atoms with Crippen LogP contribution in [0.25, 0.3) is 0 Å². The summed E-state index contributed by atoms with van der Waals surface area (Å²) in [7, 11) is 0. The maximum Gasteiger partial charge on any atom is 0.315 e.